The number of methoxy groups -OCH3 is 1. The number of H-pyrrole nitrogens is 1. The molecule has 0 spiro atoms. The number of hydrogen-bond acceptors (Lipinski definition) is 6. The van der Waals surface area contributed by atoms with Crippen LogP contribution in [-0.2, 0) is 18.6 Å². The summed E-state index contributed by atoms with van der Waals surface area (Å²) in [5.74, 6) is 1.16. The zero-order chi connectivity index (χ0) is 26.6. The van der Waals surface area contributed by atoms with E-state index in [2.05, 4.69) is 53.1 Å². The molecule has 37 heavy (non-hydrogen) atoms. The van der Waals surface area contributed by atoms with Crippen molar-refractivity contribution in [2.75, 3.05) is 7.11 Å². The molecule has 0 aliphatic rings. The standard InChI is InChI=1S/C28H35FN6O2/c1-6-8-25(26-31-32-33-35(26)28(3,4)7-2)34(17-19-9-12-22(29)13-10-19)18-21-15-20-11-14-23(37-5)16-24(20)30-27(21)36/h9-16,25H,6-8,17-18H2,1-5H3,(H,30,36). The van der Waals surface area contributed by atoms with E-state index in [1.165, 1.54) is 12.1 Å². The average Bonchev–Trinajstić information content (AvgIpc) is 3.39. The van der Waals surface area contributed by atoms with Crippen molar-refractivity contribution >= 4 is 10.9 Å². The van der Waals surface area contributed by atoms with Crippen LogP contribution in [0.2, 0.25) is 0 Å². The maximum atomic E-state index is 13.7. The summed E-state index contributed by atoms with van der Waals surface area (Å²) in [6.45, 7) is 9.34. The molecule has 0 fully saturated rings. The molecule has 0 amide bonds. The van der Waals surface area contributed by atoms with Gasteiger partial charge in [0.1, 0.15) is 11.6 Å². The number of benzene rings is 2. The first kappa shape index (κ1) is 26.5. The Balaban J connectivity index is 1.78. The summed E-state index contributed by atoms with van der Waals surface area (Å²) in [5, 5.41) is 13.8. The lowest BCUT2D eigenvalue weighted by Gasteiger charge is -2.33. The van der Waals surface area contributed by atoms with Gasteiger partial charge in [0.05, 0.1) is 24.2 Å². The number of halogens is 1. The van der Waals surface area contributed by atoms with E-state index >= 15 is 0 Å². The van der Waals surface area contributed by atoms with Crippen LogP contribution in [0.5, 0.6) is 5.75 Å². The summed E-state index contributed by atoms with van der Waals surface area (Å²) in [7, 11) is 1.60. The molecule has 1 atom stereocenters. The number of nitrogens with zero attached hydrogens (tertiary/aromatic N) is 5. The molecule has 1 N–H and O–H groups in total. The molecule has 0 saturated carbocycles. The van der Waals surface area contributed by atoms with Crippen LogP contribution < -0.4 is 10.3 Å². The van der Waals surface area contributed by atoms with Crippen LogP contribution in [0.4, 0.5) is 4.39 Å². The van der Waals surface area contributed by atoms with Crippen molar-refractivity contribution < 1.29 is 9.13 Å². The number of fused-ring (bicyclic) bond motifs is 1. The van der Waals surface area contributed by atoms with Gasteiger partial charge in [-0.1, -0.05) is 32.4 Å². The highest BCUT2D eigenvalue weighted by Gasteiger charge is 2.31. The van der Waals surface area contributed by atoms with Gasteiger partial charge in [-0.2, -0.15) is 0 Å². The molecule has 0 bridgehead atoms. The molecule has 196 valence electrons. The van der Waals surface area contributed by atoms with Crippen molar-refractivity contribution in [1.82, 2.24) is 30.1 Å². The van der Waals surface area contributed by atoms with Gasteiger partial charge in [-0.05, 0) is 78.4 Å². The fourth-order valence-electron chi connectivity index (χ4n) is 4.52. The molecule has 0 aliphatic carbocycles. The van der Waals surface area contributed by atoms with Gasteiger partial charge in [-0.15, -0.1) is 5.10 Å². The van der Waals surface area contributed by atoms with Crippen LogP contribution in [0.3, 0.4) is 0 Å². The summed E-state index contributed by atoms with van der Waals surface area (Å²) in [4.78, 5) is 18.4. The molecule has 1 unspecified atom stereocenters. The second-order valence-corrected chi connectivity index (χ2v) is 10.0. The zero-order valence-corrected chi connectivity index (χ0v) is 22.2. The van der Waals surface area contributed by atoms with Gasteiger partial charge in [-0.25, -0.2) is 9.07 Å². The first-order chi connectivity index (χ1) is 17.7. The smallest absolute Gasteiger partial charge is 0.252 e. The third kappa shape index (κ3) is 5.88. The highest BCUT2D eigenvalue weighted by molar-refractivity contribution is 5.80. The molecular weight excluding hydrogens is 471 g/mol. The van der Waals surface area contributed by atoms with Gasteiger partial charge in [0.2, 0.25) is 0 Å². The van der Waals surface area contributed by atoms with E-state index in [1.807, 2.05) is 28.9 Å². The number of rotatable bonds is 11. The Morgan fingerprint density at radius 2 is 1.86 bits per heavy atom. The molecule has 0 aliphatic heterocycles. The zero-order valence-electron chi connectivity index (χ0n) is 22.2. The minimum Gasteiger partial charge on any atom is -0.497 e. The molecule has 0 saturated heterocycles. The van der Waals surface area contributed by atoms with E-state index in [0.717, 1.165) is 41.6 Å². The number of hydrogen-bond donors (Lipinski definition) is 1. The van der Waals surface area contributed by atoms with E-state index in [9.17, 15) is 9.18 Å². The highest BCUT2D eigenvalue weighted by Crippen LogP contribution is 2.31. The van der Waals surface area contributed by atoms with E-state index in [1.54, 1.807) is 19.2 Å². The highest BCUT2D eigenvalue weighted by atomic mass is 19.1. The van der Waals surface area contributed by atoms with E-state index in [4.69, 9.17) is 4.74 Å². The Kier molecular flexibility index (Phi) is 8.02. The number of pyridine rings is 1. The largest absolute Gasteiger partial charge is 0.497 e. The lowest BCUT2D eigenvalue weighted by Crippen LogP contribution is -2.36. The third-order valence-corrected chi connectivity index (χ3v) is 7.04. The Morgan fingerprint density at radius 1 is 1.11 bits per heavy atom. The second kappa shape index (κ2) is 11.2. The van der Waals surface area contributed by atoms with Crippen LogP contribution in [-0.4, -0.2) is 37.2 Å². The quantitative estimate of drug-likeness (QED) is 0.295. The lowest BCUT2D eigenvalue weighted by atomic mass is 10.00. The number of aromatic nitrogens is 5. The Hall–Kier alpha value is -3.59. The molecule has 4 aromatic rings. The topological polar surface area (TPSA) is 88.9 Å². The molecule has 2 heterocycles. The van der Waals surface area contributed by atoms with Crippen LogP contribution in [0.1, 0.15) is 70.0 Å². The van der Waals surface area contributed by atoms with Crippen molar-refractivity contribution in [2.24, 2.45) is 0 Å². The SMILES string of the molecule is CCCC(c1nnnn1C(C)(C)CC)N(Cc1ccc(F)cc1)Cc1cc2ccc(OC)cc2[nH]c1=O. The van der Waals surface area contributed by atoms with Crippen molar-refractivity contribution in [2.45, 2.75) is 71.6 Å². The minimum absolute atomic E-state index is 0.151. The molecule has 2 aromatic carbocycles. The number of tetrazole rings is 1. The maximum absolute atomic E-state index is 13.7. The van der Waals surface area contributed by atoms with Crippen molar-refractivity contribution in [3.8, 4) is 5.75 Å². The monoisotopic (exact) mass is 506 g/mol. The number of nitrogens with one attached hydrogen (secondary N) is 1. The first-order valence-corrected chi connectivity index (χ1v) is 12.7. The lowest BCUT2D eigenvalue weighted by molar-refractivity contribution is 0.145. The van der Waals surface area contributed by atoms with Gasteiger partial charge in [0.15, 0.2) is 5.82 Å². The number of aromatic amines is 1. The van der Waals surface area contributed by atoms with Crippen molar-refractivity contribution in [3.05, 3.63) is 81.7 Å². The van der Waals surface area contributed by atoms with Crippen molar-refractivity contribution in [1.29, 1.82) is 0 Å². The summed E-state index contributed by atoms with van der Waals surface area (Å²) in [6.07, 6.45) is 2.55. The summed E-state index contributed by atoms with van der Waals surface area (Å²) in [6, 6.07) is 13.9. The van der Waals surface area contributed by atoms with Gasteiger partial charge >= 0.3 is 0 Å². The summed E-state index contributed by atoms with van der Waals surface area (Å²) < 4.78 is 20.9. The first-order valence-electron chi connectivity index (χ1n) is 12.7. The average molecular weight is 507 g/mol. The molecular formula is C28H35FN6O2. The minimum atomic E-state index is -0.282. The van der Waals surface area contributed by atoms with Crippen LogP contribution >= 0.6 is 0 Å². The van der Waals surface area contributed by atoms with Gasteiger partial charge in [0.25, 0.3) is 5.56 Å². The molecule has 4 rings (SSSR count). The predicted molar refractivity (Wildman–Crippen MR) is 142 cm³/mol. The van der Waals surface area contributed by atoms with E-state index in [0.29, 0.717) is 24.4 Å². The maximum Gasteiger partial charge on any atom is 0.252 e. The molecule has 0 radical (unpaired) electrons. The van der Waals surface area contributed by atoms with Gasteiger partial charge in [0, 0.05) is 24.7 Å². The van der Waals surface area contributed by atoms with E-state index < -0.39 is 0 Å². The Morgan fingerprint density at radius 3 is 2.54 bits per heavy atom. The van der Waals surface area contributed by atoms with E-state index in [-0.39, 0.29) is 23.0 Å². The van der Waals surface area contributed by atoms with Crippen LogP contribution in [0, 0.1) is 5.82 Å². The predicted octanol–water partition coefficient (Wildman–Crippen LogP) is 5.35. The Labute approximate surface area is 216 Å². The van der Waals surface area contributed by atoms with Crippen LogP contribution in [0.15, 0.2) is 53.3 Å². The number of ether oxygens (including phenoxy) is 1. The fourth-order valence-corrected chi connectivity index (χ4v) is 4.52. The third-order valence-electron chi connectivity index (χ3n) is 7.04. The fraction of sp³-hybridized carbons (Fsp3) is 0.429. The second-order valence-electron chi connectivity index (χ2n) is 10.0. The normalized spacial score (nSPS) is 12.8. The van der Waals surface area contributed by atoms with Gasteiger partial charge < -0.3 is 9.72 Å². The molecule has 2 aromatic heterocycles. The van der Waals surface area contributed by atoms with Crippen molar-refractivity contribution in [3.63, 3.8) is 0 Å². The van der Waals surface area contributed by atoms with Crippen LogP contribution in [0.25, 0.3) is 10.9 Å². The summed E-state index contributed by atoms with van der Waals surface area (Å²) in [5.41, 5.74) is 1.87. The van der Waals surface area contributed by atoms with Gasteiger partial charge in [-0.3, -0.25) is 9.69 Å². The Bertz CT molecular complexity index is 1400. The molecule has 8 nitrogen and oxygen atoms in total. The summed E-state index contributed by atoms with van der Waals surface area (Å²) >= 11 is 0. The molecule has 9 heteroatoms.